The Morgan fingerprint density at radius 1 is 1.00 bits per heavy atom. The van der Waals surface area contributed by atoms with E-state index in [0.717, 1.165) is 6.42 Å². The Hall–Kier alpha value is -2.44. The number of ether oxygens (including phenoxy) is 2. The van der Waals surface area contributed by atoms with Crippen LogP contribution in [0.4, 0.5) is 5.95 Å². The Morgan fingerprint density at radius 3 is 2.21 bits per heavy atom. The Balaban J connectivity index is 1.95. The number of nitrogens with one attached hydrogen (secondary N) is 1. The van der Waals surface area contributed by atoms with E-state index in [0.29, 0.717) is 12.5 Å². The van der Waals surface area contributed by atoms with Crippen LogP contribution in [-0.4, -0.2) is 40.7 Å². The molecule has 2 aromatic heterocycles. The quantitative estimate of drug-likeness (QED) is 0.828. The molecule has 0 aliphatic heterocycles. The van der Waals surface area contributed by atoms with E-state index >= 15 is 0 Å². The Morgan fingerprint density at radius 2 is 1.63 bits per heavy atom. The van der Waals surface area contributed by atoms with E-state index in [4.69, 9.17) is 9.47 Å². The molecule has 100 valence electrons. The van der Waals surface area contributed by atoms with Gasteiger partial charge in [-0.1, -0.05) is 0 Å². The molecule has 2 heterocycles. The zero-order valence-corrected chi connectivity index (χ0v) is 10.8. The Kier molecular flexibility index (Phi) is 4.44. The van der Waals surface area contributed by atoms with Crippen molar-refractivity contribution in [1.29, 1.82) is 0 Å². The average molecular weight is 261 g/mol. The van der Waals surface area contributed by atoms with Crippen molar-refractivity contribution in [1.82, 2.24) is 19.9 Å². The highest BCUT2D eigenvalue weighted by Gasteiger charge is 2.06. The van der Waals surface area contributed by atoms with E-state index in [-0.39, 0.29) is 12.0 Å². The maximum absolute atomic E-state index is 4.97. The van der Waals surface area contributed by atoms with Gasteiger partial charge in [0.2, 0.25) is 5.95 Å². The maximum Gasteiger partial charge on any atom is 0.324 e. The first kappa shape index (κ1) is 13.0. The first-order chi connectivity index (χ1) is 9.31. The van der Waals surface area contributed by atoms with E-state index in [2.05, 4.69) is 25.3 Å². The first-order valence-electron chi connectivity index (χ1n) is 5.78. The smallest absolute Gasteiger partial charge is 0.324 e. The third-order valence-corrected chi connectivity index (χ3v) is 2.41. The van der Waals surface area contributed by atoms with Gasteiger partial charge in [0.05, 0.1) is 14.2 Å². The van der Waals surface area contributed by atoms with E-state index in [9.17, 15) is 0 Å². The highest BCUT2D eigenvalue weighted by molar-refractivity contribution is 5.28. The van der Waals surface area contributed by atoms with Crippen LogP contribution in [0, 0.1) is 0 Å². The Labute approximate surface area is 111 Å². The normalized spacial score (nSPS) is 10.0. The van der Waals surface area contributed by atoms with Crippen LogP contribution in [0.3, 0.4) is 0 Å². The third-order valence-electron chi connectivity index (χ3n) is 2.41. The molecular formula is C12H15N5O2. The van der Waals surface area contributed by atoms with Gasteiger partial charge in [-0.05, 0) is 24.1 Å². The second-order valence-electron chi connectivity index (χ2n) is 3.66. The molecule has 0 amide bonds. The van der Waals surface area contributed by atoms with Gasteiger partial charge in [0.25, 0.3) is 0 Å². The molecule has 0 radical (unpaired) electrons. The summed E-state index contributed by atoms with van der Waals surface area (Å²) in [6.07, 6.45) is 4.38. The number of rotatable bonds is 6. The van der Waals surface area contributed by atoms with Crippen molar-refractivity contribution in [2.45, 2.75) is 6.42 Å². The van der Waals surface area contributed by atoms with Crippen molar-refractivity contribution >= 4 is 5.95 Å². The molecule has 0 saturated heterocycles. The van der Waals surface area contributed by atoms with E-state index in [1.807, 2.05) is 12.1 Å². The van der Waals surface area contributed by atoms with Crippen LogP contribution < -0.4 is 14.8 Å². The summed E-state index contributed by atoms with van der Waals surface area (Å²) < 4.78 is 9.94. The summed E-state index contributed by atoms with van der Waals surface area (Å²) in [6, 6.07) is 4.38. The second kappa shape index (κ2) is 6.48. The van der Waals surface area contributed by atoms with Crippen molar-refractivity contribution in [2.24, 2.45) is 0 Å². The molecular weight excluding hydrogens is 246 g/mol. The molecule has 2 aromatic rings. The molecule has 0 aliphatic carbocycles. The van der Waals surface area contributed by atoms with E-state index in [1.54, 1.807) is 12.4 Å². The largest absolute Gasteiger partial charge is 0.467 e. The van der Waals surface area contributed by atoms with Crippen molar-refractivity contribution in [3.05, 3.63) is 30.1 Å². The monoisotopic (exact) mass is 261 g/mol. The minimum atomic E-state index is 0.221. The summed E-state index contributed by atoms with van der Waals surface area (Å²) in [6.45, 7) is 0.695. The van der Waals surface area contributed by atoms with Crippen molar-refractivity contribution in [2.75, 3.05) is 26.1 Å². The molecule has 0 aromatic carbocycles. The number of methoxy groups -OCH3 is 2. The van der Waals surface area contributed by atoms with Gasteiger partial charge in [-0.15, -0.1) is 4.98 Å². The van der Waals surface area contributed by atoms with Crippen LogP contribution in [0.5, 0.6) is 12.0 Å². The van der Waals surface area contributed by atoms with Gasteiger partial charge in [-0.2, -0.15) is 9.97 Å². The summed E-state index contributed by atoms with van der Waals surface area (Å²) >= 11 is 0. The topological polar surface area (TPSA) is 82.0 Å². The summed E-state index contributed by atoms with van der Waals surface area (Å²) in [5.74, 6) is 0.428. The van der Waals surface area contributed by atoms with Gasteiger partial charge in [0, 0.05) is 18.9 Å². The summed E-state index contributed by atoms with van der Waals surface area (Å²) in [7, 11) is 2.99. The molecule has 0 bridgehead atoms. The minimum absolute atomic E-state index is 0.221. The molecule has 0 unspecified atom stereocenters. The lowest BCUT2D eigenvalue weighted by Crippen LogP contribution is -2.10. The minimum Gasteiger partial charge on any atom is -0.467 e. The van der Waals surface area contributed by atoms with Gasteiger partial charge in [-0.3, -0.25) is 4.98 Å². The predicted octanol–water partition coefficient (Wildman–Crippen LogP) is 0.938. The van der Waals surface area contributed by atoms with Crippen molar-refractivity contribution < 1.29 is 9.47 Å². The Bertz CT molecular complexity index is 499. The molecule has 0 fully saturated rings. The van der Waals surface area contributed by atoms with Gasteiger partial charge < -0.3 is 14.8 Å². The lowest BCUT2D eigenvalue weighted by Gasteiger charge is -2.07. The van der Waals surface area contributed by atoms with Crippen LogP contribution in [0.1, 0.15) is 5.56 Å². The number of hydrogen-bond donors (Lipinski definition) is 1. The SMILES string of the molecule is COc1nc(NCCc2ccncc2)nc(OC)n1. The molecule has 1 N–H and O–H groups in total. The average Bonchev–Trinajstić information content (AvgIpc) is 2.48. The highest BCUT2D eigenvalue weighted by atomic mass is 16.5. The van der Waals surface area contributed by atoms with Crippen LogP contribution in [0.2, 0.25) is 0 Å². The molecule has 0 aliphatic rings. The summed E-state index contributed by atoms with van der Waals surface area (Å²) in [5, 5.41) is 3.10. The molecule has 0 spiro atoms. The van der Waals surface area contributed by atoms with E-state index < -0.39 is 0 Å². The molecule has 2 rings (SSSR count). The van der Waals surface area contributed by atoms with Crippen LogP contribution in [0.25, 0.3) is 0 Å². The fraction of sp³-hybridized carbons (Fsp3) is 0.333. The zero-order chi connectivity index (χ0) is 13.5. The van der Waals surface area contributed by atoms with Gasteiger partial charge in [-0.25, -0.2) is 0 Å². The first-order valence-corrected chi connectivity index (χ1v) is 5.78. The maximum atomic E-state index is 4.97. The zero-order valence-electron chi connectivity index (χ0n) is 10.8. The third kappa shape index (κ3) is 3.77. The van der Waals surface area contributed by atoms with Gasteiger partial charge in [0.1, 0.15) is 0 Å². The number of anilines is 1. The molecule has 7 heteroatoms. The second-order valence-corrected chi connectivity index (χ2v) is 3.66. The molecule has 0 atom stereocenters. The van der Waals surface area contributed by atoms with Crippen molar-refractivity contribution in [3.8, 4) is 12.0 Å². The fourth-order valence-corrected chi connectivity index (χ4v) is 1.47. The van der Waals surface area contributed by atoms with Gasteiger partial charge >= 0.3 is 12.0 Å². The molecule has 7 nitrogen and oxygen atoms in total. The predicted molar refractivity (Wildman–Crippen MR) is 69.4 cm³/mol. The van der Waals surface area contributed by atoms with Crippen LogP contribution in [0.15, 0.2) is 24.5 Å². The number of pyridine rings is 1. The lowest BCUT2D eigenvalue weighted by atomic mass is 10.2. The molecule has 0 saturated carbocycles. The number of aromatic nitrogens is 4. The standard InChI is InChI=1S/C12H15N5O2/c1-18-11-15-10(16-12(17-11)19-2)14-8-5-9-3-6-13-7-4-9/h3-4,6-7H,5,8H2,1-2H3,(H,14,15,16,17). The lowest BCUT2D eigenvalue weighted by molar-refractivity contribution is 0.341. The summed E-state index contributed by atoms with van der Waals surface area (Å²) in [4.78, 5) is 16.1. The fourth-order valence-electron chi connectivity index (χ4n) is 1.47. The number of nitrogens with zero attached hydrogens (tertiary/aromatic N) is 4. The highest BCUT2D eigenvalue weighted by Crippen LogP contribution is 2.11. The van der Waals surface area contributed by atoms with Crippen molar-refractivity contribution in [3.63, 3.8) is 0 Å². The number of hydrogen-bond acceptors (Lipinski definition) is 7. The van der Waals surface area contributed by atoms with Crippen LogP contribution in [-0.2, 0) is 6.42 Å². The van der Waals surface area contributed by atoms with Gasteiger partial charge in [0.15, 0.2) is 0 Å². The molecule has 19 heavy (non-hydrogen) atoms. The van der Waals surface area contributed by atoms with E-state index in [1.165, 1.54) is 19.8 Å². The summed E-state index contributed by atoms with van der Waals surface area (Å²) in [5.41, 5.74) is 1.19. The van der Waals surface area contributed by atoms with Crippen LogP contribution >= 0.6 is 0 Å².